The van der Waals surface area contributed by atoms with E-state index in [4.69, 9.17) is 0 Å². The summed E-state index contributed by atoms with van der Waals surface area (Å²) in [7, 11) is 0. The van der Waals surface area contributed by atoms with E-state index in [2.05, 4.69) is 34.1 Å². The molecule has 1 fully saturated rings. The van der Waals surface area contributed by atoms with Crippen LogP contribution in [0, 0.1) is 13.8 Å². The van der Waals surface area contributed by atoms with Crippen molar-refractivity contribution in [3.8, 4) is 0 Å². The lowest BCUT2D eigenvalue weighted by Crippen LogP contribution is -2.48. The second kappa shape index (κ2) is 6.36. The fourth-order valence-electron chi connectivity index (χ4n) is 3.07. The van der Waals surface area contributed by atoms with Crippen molar-refractivity contribution in [2.24, 2.45) is 0 Å². The summed E-state index contributed by atoms with van der Waals surface area (Å²) in [4.78, 5) is 20.2. The van der Waals surface area contributed by atoms with Gasteiger partial charge in [0.2, 0.25) is 0 Å². The first-order chi connectivity index (χ1) is 10.6. The van der Waals surface area contributed by atoms with Crippen molar-refractivity contribution in [3.63, 3.8) is 0 Å². The molecule has 2 heterocycles. The van der Waals surface area contributed by atoms with E-state index in [1.54, 1.807) is 0 Å². The third kappa shape index (κ3) is 3.22. The zero-order chi connectivity index (χ0) is 15.5. The van der Waals surface area contributed by atoms with Crippen molar-refractivity contribution in [1.82, 2.24) is 14.8 Å². The van der Waals surface area contributed by atoms with Gasteiger partial charge < -0.3 is 9.88 Å². The number of aromatic amines is 1. The molecule has 0 atom stereocenters. The molecule has 0 radical (unpaired) electrons. The van der Waals surface area contributed by atoms with Crippen LogP contribution in [0.5, 0.6) is 0 Å². The number of benzene rings is 1. The van der Waals surface area contributed by atoms with Crippen LogP contribution < -0.4 is 0 Å². The summed E-state index contributed by atoms with van der Waals surface area (Å²) >= 11 is 0. The average Bonchev–Trinajstić information content (AvgIpc) is 2.87. The molecular formula is C18H23N3O. The Morgan fingerprint density at radius 1 is 1.09 bits per heavy atom. The number of nitrogens with zero attached hydrogens (tertiary/aromatic N) is 2. The van der Waals surface area contributed by atoms with Gasteiger partial charge in [-0.1, -0.05) is 30.3 Å². The summed E-state index contributed by atoms with van der Waals surface area (Å²) < 4.78 is 0. The second-order valence-electron chi connectivity index (χ2n) is 6.04. The second-order valence-corrected chi connectivity index (χ2v) is 6.04. The lowest BCUT2D eigenvalue weighted by atomic mass is 10.1. The molecule has 1 aliphatic heterocycles. The monoisotopic (exact) mass is 297 g/mol. The van der Waals surface area contributed by atoms with Gasteiger partial charge in [-0.2, -0.15) is 0 Å². The zero-order valence-electron chi connectivity index (χ0n) is 13.3. The van der Waals surface area contributed by atoms with Gasteiger partial charge in [0.05, 0.1) is 5.56 Å². The lowest BCUT2D eigenvalue weighted by Gasteiger charge is -2.34. The summed E-state index contributed by atoms with van der Waals surface area (Å²) in [6, 6.07) is 12.5. The highest BCUT2D eigenvalue weighted by atomic mass is 16.2. The molecule has 1 N–H and O–H groups in total. The molecule has 4 heteroatoms. The maximum atomic E-state index is 12.6. The van der Waals surface area contributed by atoms with Gasteiger partial charge in [-0.05, 0) is 25.5 Å². The van der Waals surface area contributed by atoms with E-state index in [0.717, 1.165) is 49.7 Å². The van der Waals surface area contributed by atoms with Gasteiger partial charge in [-0.25, -0.2) is 0 Å². The number of carbonyl (C=O) groups is 1. The Hall–Kier alpha value is -2.07. The third-order valence-corrected chi connectivity index (χ3v) is 4.29. The molecule has 4 nitrogen and oxygen atoms in total. The van der Waals surface area contributed by atoms with Gasteiger partial charge >= 0.3 is 0 Å². The predicted molar refractivity (Wildman–Crippen MR) is 87.9 cm³/mol. The van der Waals surface area contributed by atoms with Gasteiger partial charge in [0.1, 0.15) is 0 Å². The minimum absolute atomic E-state index is 0.154. The van der Waals surface area contributed by atoms with Crippen molar-refractivity contribution in [2.75, 3.05) is 26.2 Å². The van der Waals surface area contributed by atoms with Crippen LogP contribution in [0.3, 0.4) is 0 Å². The van der Waals surface area contributed by atoms with Gasteiger partial charge in [-0.15, -0.1) is 0 Å². The molecule has 0 unspecified atom stereocenters. The van der Waals surface area contributed by atoms with Crippen LogP contribution in [0.25, 0.3) is 0 Å². The molecule has 1 saturated heterocycles. The molecule has 1 amide bonds. The number of hydrogen-bond donors (Lipinski definition) is 1. The number of H-pyrrole nitrogens is 1. The number of rotatable bonds is 3. The Labute approximate surface area is 131 Å². The van der Waals surface area contributed by atoms with E-state index in [-0.39, 0.29) is 5.91 Å². The van der Waals surface area contributed by atoms with E-state index in [0.29, 0.717) is 0 Å². The molecule has 0 spiro atoms. The van der Waals surface area contributed by atoms with E-state index >= 15 is 0 Å². The summed E-state index contributed by atoms with van der Waals surface area (Å²) in [6.07, 6.45) is 0. The molecule has 1 aromatic heterocycles. The number of nitrogens with one attached hydrogen (secondary N) is 1. The maximum Gasteiger partial charge on any atom is 0.255 e. The molecule has 1 aliphatic rings. The smallest absolute Gasteiger partial charge is 0.255 e. The molecule has 0 aliphatic carbocycles. The Morgan fingerprint density at radius 3 is 2.36 bits per heavy atom. The normalized spacial score (nSPS) is 16.0. The maximum absolute atomic E-state index is 12.6. The topological polar surface area (TPSA) is 39.3 Å². The van der Waals surface area contributed by atoms with E-state index < -0.39 is 0 Å². The van der Waals surface area contributed by atoms with Crippen molar-refractivity contribution in [2.45, 2.75) is 20.4 Å². The minimum atomic E-state index is 0.154. The molecule has 0 saturated carbocycles. The summed E-state index contributed by atoms with van der Waals surface area (Å²) in [5.74, 6) is 0.154. The standard InChI is InChI=1S/C18H23N3O/c1-14-12-17(15(2)19-14)18(22)21-10-8-20(9-11-21)13-16-6-4-3-5-7-16/h3-7,12,19H,8-11,13H2,1-2H3. The number of piperazine rings is 1. The summed E-state index contributed by atoms with van der Waals surface area (Å²) in [5.41, 5.74) is 4.16. The number of amides is 1. The van der Waals surface area contributed by atoms with Crippen molar-refractivity contribution < 1.29 is 4.79 Å². The fourth-order valence-corrected chi connectivity index (χ4v) is 3.07. The van der Waals surface area contributed by atoms with Gasteiger partial charge in [-0.3, -0.25) is 9.69 Å². The molecule has 2 aromatic rings. The highest BCUT2D eigenvalue weighted by Gasteiger charge is 2.23. The first-order valence-electron chi connectivity index (χ1n) is 7.85. The largest absolute Gasteiger partial charge is 0.362 e. The zero-order valence-corrected chi connectivity index (χ0v) is 13.3. The van der Waals surface area contributed by atoms with Crippen LogP contribution in [-0.4, -0.2) is 46.9 Å². The Bertz CT molecular complexity index is 640. The Balaban J connectivity index is 1.57. The van der Waals surface area contributed by atoms with Crippen molar-refractivity contribution in [1.29, 1.82) is 0 Å². The highest BCUT2D eigenvalue weighted by Crippen LogP contribution is 2.15. The lowest BCUT2D eigenvalue weighted by molar-refractivity contribution is 0.0628. The number of aryl methyl sites for hydroxylation is 2. The summed E-state index contributed by atoms with van der Waals surface area (Å²) in [5, 5.41) is 0. The molecule has 22 heavy (non-hydrogen) atoms. The van der Waals surface area contributed by atoms with Crippen LogP contribution in [0.15, 0.2) is 36.4 Å². The fraction of sp³-hybridized carbons (Fsp3) is 0.389. The van der Waals surface area contributed by atoms with E-state index in [1.807, 2.05) is 30.9 Å². The Kier molecular flexibility index (Phi) is 4.29. The predicted octanol–water partition coefficient (Wildman–Crippen LogP) is 2.59. The molecular weight excluding hydrogens is 274 g/mol. The number of carbonyl (C=O) groups excluding carboxylic acids is 1. The van der Waals surface area contributed by atoms with Crippen LogP contribution in [-0.2, 0) is 6.54 Å². The molecule has 1 aromatic carbocycles. The molecule has 3 rings (SSSR count). The number of aromatic nitrogens is 1. The molecule has 0 bridgehead atoms. The highest BCUT2D eigenvalue weighted by molar-refractivity contribution is 5.95. The van der Waals surface area contributed by atoms with Crippen LogP contribution in [0.1, 0.15) is 27.3 Å². The van der Waals surface area contributed by atoms with E-state index in [1.165, 1.54) is 5.56 Å². The van der Waals surface area contributed by atoms with Gasteiger partial charge in [0.15, 0.2) is 0 Å². The first-order valence-corrected chi connectivity index (χ1v) is 7.85. The van der Waals surface area contributed by atoms with E-state index in [9.17, 15) is 4.79 Å². The third-order valence-electron chi connectivity index (χ3n) is 4.29. The SMILES string of the molecule is Cc1cc(C(=O)N2CCN(Cc3ccccc3)CC2)c(C)[nH]1. The quantitative estimate of drug-likeness (QED) is 0.946. The van der Waals surface area contributed by atoms with Crippen LogP contribution >= 0.6 is 0 Å². The van der Waals surface area contributed by atoms with Crippen LogP contribution in [0.4, 0.5) is 0 Å². The molecule has 116 valence electrons. The van der Waals surface area contributed by atoms with Gasteiger partial charge in [0.25, 0.3) is 5.91 Å². The number of hydrogen-bond acceptors (Lipinski definition) is 2. The Morgan fingerprint density at radius 2 is 1.77 bits per heavy atom. The van der Waals surface area contributed by atoms with Crippen LogP contribution in [0.2, 0.25) is 0 Å². The van der Waals surface area contributed by atoms with Gasteiger partial charge in [0, 0.05) is 44.1 Å². The summed E-state index contributed by atoms with van der Waals surface area (Å²) in [6.45, 7) is 8.38. The van der Waals surface area contributed by atoms with Crippen molar-refractivity contribution >= 4 is 5.91 Å². The first kappa shape index (κ1) is 14.9. The average molecular weight is 297 g/mol. The minimum Gasteiger partial charge on any atom is -0.362 e. The van der Waals surface area contributed by atoms with Crippen molar-refractivity contribution in [3.05, 3.63) is 58.9 Å².